The summed E-state index contributed by atoms with van der Waals surface area (Å²) in [6.45, 7) is 0.182. The fraction of sp³-hybridized carbons (Fsp3) is 0.111. The maximum absolute atomic E-state index is 13.3. The first-order valence-electron chi connectivity index (χ1n) is 4.79. The van der Waals surface area contributed by atoms with Crippen LogP contribution in [0.15, 0.2) is 22.9 Å². The lowest BCUT2D eigenvalue weighted by molar-refractivity contribution is -0.384. The summed E-state index contributed by atoms with van der Waals surface area (Å²) in [5.74, 6) is -0.0895. The Kier molecular flexibility index (Phi) is 3.51. The molecule has 0 radical (unpaired) electrons. The van der Waals surface area contributed by atoms with Crippen LogP contribution in [-0.4, -0.2) is 20.1 Å². The summed E-state index contributed by atoms with van der Waals surface area (Å²) in [5, 5.41) is 19.8. The fourth-order valence-electron chi connectivity index (χ4n) is 1.32. The van der Waals surface area contributed by atoms with Crippen LogP contribution >= 0.6 is 15.9 Å². The molecule has 0 saturated heterocycles. The molecule has 0 aliphatic carbocycles. The van der Waals surface area contributed by atoms with E-state index in [0.717, 1.165) is 12.1 Å². The highest BCUT2D eigenvalue weighted by molar-refractivity contribution is 9.10. The Morgan fingerprint density at radius 1 is 1.56 bits per heavy atom. The molecule has 18 heavy (non-hydrogen) atoms. The highest BCUT2D eigenvalue weighted by atomic mass is 79.9. The molecule has 1 aromatic heterocycles. The van der Waals surface area contributed by atoms with E-state index in [4.69, 9.17) is 0 Å². The number of H-pyrrole nitrogens is 1. The first-order valence-corrected chi connectivity index (χ1v) is 5.59. The molecule has 94 valence electrons. The van der Waals surface area contributed by atoms with Crippen LogP contribution in [0.2, 0.25) is 0 Å². The minimum Gasteiger partial charge on any atom is -0.372 e. The molecule has 1 heterocycles. The number of hydrogen-bond acceptors (Lipinski definition) is 5. The van der Waals surface area contributed by atoms with Crippen LogP contribution in [0.1, 0.15) is 5.82 Å². The zero-order valence-electron chi connectivity index (χ0n) is 8.85. The lowest BCUT2D eigenvalue weighted by Gasteiger charge is -2.06. The van der Waals surface area contributed by atoms with Gasteiger partial charge in [-0.1, -0.05) is 0 Å². The molecule has 0 amide bonds. The minimum atomic E-state index is -0.590. The molecular formula is C9H7BrFN5O2. The fourth-order valence-corrected chi connectivity index (χ4v) is 1.66. The number of nitro groups is 1. The van der Waals surface area contributed by atoms with Crippen molar-refractivity contribution in [1.82, 2.24) is 15.2 Å². The number of nitrogens with zero attached hydrogens (tertiary/aromatic N) is 3. The Bertz CT molecular complexity index is 575. The summed E-state index contributed by atoms with van der Waals surface area (Å²) in [4.78, 5) is 14.1. The highest BCUT2D eigenvalue weighted by Gasteiger charge is 2.17. The third kappa shape index (κ3) is 2.62. The van der Waals surface area contributed by atoms with Crippen LogP contribution in [-0.2, 0) is 6.54 Å². The number of hydrogen-bond donors (Lipinski definition) is 2. The quantitative estimate of drug-likeness (QED) is 0.666. The molecule has 0 fully saturated rings. The number of aromatic amines is 1. The Morgan fingerprint density at radius 3 is 2.94 bits per heavy atom. The number of benzene rings is 1. The summed E-state index contributed by atoms with van der Waals surface area (Å²) in [5.41, 5.74) is -0.139. The first kappa shape index (κ1) is 12.4. The predicted octanol–water partition coefficient (Wildman–Crippen LogP) is 2.23. The molecule has 2 rings (SSSR count). The van der Waals surface area contributed by atoms with Gasteiger partial charge in [0.05, 0.1) is 15.9 Å². The number of nitro benzene ring substituents is 1. The SMILES string of the molecule is O=[N+]([O-])c1cc(Br)c(F)cc1NCc1ncn[nH]1. The second-order valence-electron chi connectivity index (χ2n) is 3.33. The molecule has 2 N–H and O–H groups in total. The number of nitrogens with one attached hydrogen (secondary N) is 2. The molecule has 0 spiro atoms. The van der Waals surface area contributed by atoms with Gasteiger partial charge in [0.2, 0.25) is 0 Å². The van der Waals surface area contributed by atoms with Gasteiger partial charge < -0.3 is 5.32 Å². The van der Waals surface area contributed by atoms with Crippen molar-refractivity contribution in [2.45, 2.75) is 6.54 Å². The van der Waals surface area contributed by atoms with E-state index in [0.29, 0.717) is 5.82 Å². The average Bonchev–Trinajstić information content (AvgIpc) is 2.83. The monoisotopic (exact) mass is 315 g/mol. The molecule has 2 aromatic rings. The van der Waals surface area contributed by atoms with Gasteiger partial charge in [0.15, 0.2) is 0 Å². The first-order chi connectivity index (χ1) is 8.58. The van der Waals surface area contributed by atoms with Crippen molar-refractivity contribution < 1.29 is 9.31 Å². The van der Waals surface area contributed by atoms with Crippen LogP contribution in [0.4, 0.5) is 15.8 Å². The largest absolute Gasteiger partial charge is 0.372 e. The summed E-state index contributed by atoms with van der Waals surface area (Å²) < 4.78 is 13.4. The Morgan fingerprint density at radius 2 is 2.33 bits per heavy atom. The van der Waals surface area contributed by atoms with Crippen LogP contribution in [0.3, 0.4) is 0 Å². The summed E-state index contributed by atoms with van der Waals surface area (Å²) in [7, 11) is 0. The van der Waals surface area contributed by atoms with E-state index in [9.17, 15) is 14.5 Å². The summed E-state index contributed by atoms with van der Waals surface area (Å²) >= 11 is 2.90. The van der Waals surface area contributed by atoms with Crippen LogP contribution in [0.25, 0.3) is 0 Å². The van der Waals surface area contributed by atoms with E-state index in [1.54, 1.807) is 0 Å². The number of halogens is 2. The van der Waals surface area contributed by atoms with E-state index in [-0.39, 0.29) is 22.4 Å². The maximum atomic E-state index is 13.3. The van der Waals surface area contributed by atoms with Crippen LogP contribution in [0, 0.1) is 15.9 Å². The third-order valence-corrected chi connectivity index (χ3v) is 2.75. The molecule has 0 aliphatic heterocycles. The van der Waals surface area contributed by atoms with E-state index in [2.05, 4.69) is 36.4 Å². The molecular weight excluding hydrogens is 309 g/mol. The number of anilines is 1. The molecule has 0 saturated carbocycles. The van der Waals surface area contributed by atoms with Gasteiger partial charge in [-0.2, -0.15) is 5.10 Å². The van der Waals surface area contributed by atoms with Crippen molar-refractivity contribution in [3.05, 3.63) is 44.7 Å². The van der Waals surface area contributed by atoms with Crippen LogP contribution in [0.5, 0.6) is 0 Å². The second kappa shape index (κ2) is 5.08. The van der Waals surface area contributed by atoms with Crippen molar-refractivity contribution >= 4 is 27.3 Å². The van der Waals surface area contributed by atoms with Gasteiger partial charge in [0.25, 0.3) is 5.69 Å². The lowest BCUT2D eigenvalue weighted by Crippen LogP contribution is -2.04. The standard InChI is InChI=1S/C9H7BrFN5O2/c10-5-1-8(16(17)18)7(2-6(5)11)12-3-9-13-4-14-15-9/h1-2,4,12H,3H2,(H,13,14,15). The highest BCUT2D eigenvalue weighted by Crippen LogP contribution is 2.30. The van der Waals surface area contributed by atoms with Crippen molar-refractivity contribution in [3.8, 4) is 0 Å². The normalized spacial score (nSPS) is 10.3. The van der Waals surface area contributed by atoms with Gasteiger partial charge in [-0.15, -0.1) is 0 Å². The molecule has 9 heteroatoms. The van der Waals surface area contributed by atoms with Crippen LogP contribution < -0.4 is 5.32 Å². The van der Waals surface area contributed by atoms with E-state index in [1.807, 2.05) is 0 Å². The summed E-state index contributed by atoms with van der Waals surface area (Å²) in [6.07, 6.45) is 1.31. The van der Waals surface area contributed by atoms with Crippen molar-refractivity contribution in [2.24, 2.45) is 0 Å². The minimum absolute atomic E-state index is 0.0411. The molecule has 0 atom stereocenters. The van der Waals surface area contributed by atoms with Crippen molar-refractivity contribution in [2.75, 3.05) is 5.32 Å². The predicted molar refractivity (Wildman–Crippen MR) is 64.5 cm³/mol. The molecule has 1 aromatic carbocycles. The molecule has 0 unspecified atom stereocenters. The van der Waals surface area contributed by atoms with Gasteiger partial charge in [-0.05, 0) is 15.9 Å². The smallest absolute Gasteiger partial charge is 0.293 e. The van der Waals surface area contributed by atoms with Gasteiger partial charge in [-0.3, -0.25) is 15.2 Å². The molecule has 7 nitrogen and oxygen atoms in total. The Hall–Kier alpha value is -2.03. The number of aromatic nitrogens is 3. The zero-order chi connectivity index (χ0) is 13.1. The second-order valence-corrected chi connectivity index (χ2v) is 4.18. The van der Waals surface area contributed by atoms with E-state index < -0.39 is 10.7 Å². The van der Waals surface area contributed by atoms with Crippen molar-refractivity contribution in [1.29, 1.82) is 0 Å². The maximum Gasteiger partial charge on any atom is 0.293 e. The topological polar surface area (TPSA) is 96.7 Å². The lowest BCUT2D eigenvalue weighted by atomic mass is 10.2. The zero-order valence-corrected chi connectivity index (χ0v) is 10.4. The van der Waals surface area contributed by atoms with Gasteiger partial charge in [0.1, 0.15) is 23.7 Å². The van der Waals surface area contributed by atoms with Gasteiger partial charge >= 0.3 is 0 Å². The molecule has 0 aliphatic rings. The van der Waals surface area contributed by atoms with E-state index >= 15 is 0 Å². The van der Waals surface area contributed by atoms with Gasteiger partial charge in [0, 0.05) is 12.1 Å². The molecule has 0 bridgehead atoms. The van der Waals surface area contributed by atoms with Crippen molar-refractivity contribution in [3.63, 3.8) is 0 Å². The summed E-state index contributed by atoms with van der Waals surface area (Å²) in [6, 6.07) is 2.16. The van der Waals surface area contributed by atoms with E-state index in [1.165, 1.54) is 6.33 Å². The average molecular weight is 316 g/mol. The van der Waals surface area contributed by atoms with Gasteiger partial charge in [-0.25, -0.2) is 9.37 Å². The third-order valence-electron chi connectivity index (χ3n) is 2.15. The Balaban J connectivity index is 2.25. The number of rotatable bonds is 4. The Labute approximate surface area is 109 Å².